The third-order valence-corrected chi connectivity index (χ3v) is 4.95. The third-order valence-electron chi connectivity index (χ3n) is 4.95. The lowest BCUT2D eigenvalue weighted by Gasteiger charge is -2.14. The van der Waals surface area contributed by atoms with Crippen molar-refractivity contribution in [1.82, 2.24) is 9.38 Å². The number of nitrogens with zero attached hydrogens (tertiary/aromatic N) is 2. The Morgan fingerprint density at radius 2 is 1.57 bits per heavy atom. The van der Waals surface area contributed by atoms with E-state index < -0.39 is 0 Å². The molecule has 0 amide bonds. The van der Waals surface area contributed by atoms with E-state index in [4.69, 9.17) is 4.98 Å². The minimum Gasteiger partial charge on any atom is -0.310 e. The molecule has 0 saturated carbocycles. The van der Waals surface area contributed by atoms with Gasteiger partial charge in [0.05, 0.1) is 22.2 Å². The second-order valence-corrected chi connectivity index (χ2v) is 6.36. The Balaban J connectivity index is 1.96. The van der Waals surface area contributed by atoms with Crippen LogP contribution >= 0.6 is 0 Å². The number of aromatic nitrogens is 2. The maximum Gasteiger partial charge on any atom is 0.0950 e. The summed E-state index contributed by atoms with van der Waals surface area (Å²) in [5.41, 5.74) is 8.83. The van der Waals surface area contributed by atoms with E-state index in [9.17, 15) is 0 Å². The summed E-state index contributed by atoms with van der Waals surface area (Å²) in [7, 11) is 0. The quantitative estimate of drug-likeness (QED) is 0.481. The molecule has 112 valence electrons. The molecule has 1 aliphatic carbocycles. The first kappa shape index (κ1) is 12.9. The first-order valence-corrected chi connectivity index (χ1v) is 8.39. The van der Waals surface area contributed by atoms with Crippen molar-refractivity contribution >= 4 is 16.6 Å². The van der Waals surface area contributed by atoms with E-state index in [1.807, 2.05) is 0 Å². The molecule has 2 aromatic carbocycles. The summed E-state index contributed by atoms with van der Waals surface area (Å²) in [6, 6.07) is 21.4. The molecular formula is C21H18N2. The zero-order valence-corrected chi connectivity index (χ0v) is 13.0. The zero-order valence-electron chi connectivity index (χ0n) is 13.0. The summed E-state index contributed by atoms with van der Waals surface area (Å²) in [6.45, 7) is 0. The summed E-state index contributed by atoms with van der Waals surface area (Å²) < 4.78 is 2.46. The van der Waals surface area contributed by atoms with Crippen molar-refractivity contribution in [1.29, 1.82) is 0 Å². The van der Waals surface area contributed by atoms with Gasteiger partial charge in [0.15, 0.2) is 0 Å². The predicted octanol–water partition coefficient (Wildman–Crippen LogP) is 5.03. The average Bonchev–Trinajstić information content (AvgIpc) is 3.01. The van der Waals surface area contributed by atoms with Gasteiger partial charge in [-0.25, -0.2) is 4.98 Å². The average molecular weight is 298 g/mol. The Morgan fingerprint density at radius 3 is 2.48 bits per heavy atom. The smallest absolute Gasteiger partial charge is 0.0950 e. The van der Waals surface area contributed by atoms with Crippen molar-refractivity contribution in [3.05, 3.63) is 71.9 Å². The van der Waals surface area contributed by atoms with Crippen LogP contribution in [0.2, 0.25) is 0 Å². The van der Waals surface area contributed by atoms with Crippen LogP contribution in [0.4, 0.5) is 0 Å². The zero-order chi connectivity index (χ0) is 15.2. The molecule has 2 nitrogen and oxygen atoms in total. The summed E-state index contributed by atoms with van der Waals surface area (Å²) >= 11 is 0. The van der Waals surface area contributed by atoms with Gasteiger partial charge in [-0.2, -0.15) is 0 Å². The third kappa shape index (κ3) is 1.91. The fourth-order valence-electron chi connectivity index (χ4n) is 3.88. The summed E-state index contributed by atoms with van der Waals surface area (Å²) in [5, 5.41) is 0. The monoisotopic (exact) mass is 298 g/mol. The van der Waals surface area contributed by atoms with Gasteiger partial charge in [-0.3, -0.25) is 0 Å². The number of fused-ring (bicyclic) bond motifs is 5. The van der Waals surface area contributed by atoms with Crippen LogP contribution in [0.5, 0.6) is 0 Å². The summed E-state index contributed by atoms with van der Waals surface area (Å²) in [4.78, 5) is 5.00. The molecule has 23 heavy (non-hydrogen) atoms. The van der Waals surface area contributed by atoms with E-state index in [0.29, 0.717) is 0 Å². The molecule has 0 N–H and O–H groups in total. The minimum atomic E-state index is 1.07. The van der Waals surface area contributed by atoms with Crippen molar-refractivity contribution < 1.29 is 0 Å². The molecule has 0 radical (unpaired) electrons. The molecule has 0 spiro atoms. The molecule has 0 aliphatic heterocycles. The van der Waals surface area contributed by atoms with Crippen molar-refractivity contribution in [2.75, 3.05) is 0 Å². The van der Waals surface area contributed by atoms with Crippen molar-refractivity contribution in [2.24, 2.45) is 0 Å². The standard InChI is InChI=1S/C21H18N2/c1-2-8-15(9-3-1)21-20-14-16-10-4-6-12-18(16)23(20)19-13-7-5-11-17(19)22-21/h1-3,5,7-9,11,13-14H,4,6,10,12H2. The topological polar surface area (TPSA) is 17.3 Å². The van der Waals surface area contributed by atoms with Crippen LogP contribution in [0.25, 0.3) is 27.8 Å². The van der Waals surface area contributed by atoms with Crippen molar-refractivity contribution in [2.45, 2.75) is 25.7 Å². The SMILES string of the molecule is c1ccc(-c2nc3ccccc3n3c4c(cc23)CCCC4)cc1. The van der Waals surface area contributed by atoms with Crippen LogP contribution in [-0.2, 0) is 12.8 Å². The van der Waals surface area contributed by atoms with Crippen molar-refractivity contribution in [3.8, 4) is 11.3 Å². The second-order valence-electron chi connectivity index (χ2n) is 6.36. The highest BCUT2D eigenvalue weighted by Gasteiger charge is 2.19. The highest BCUT2D eigenvalue weighted by atomic mass is 15.0. The van der Waals surface area contributed by atoms with Crippen LogP contribution < -0.4 is 0 Å². The molecule has 1 aliphatic rings. The Labute approximate surface area is 135 Å². The number of rotatable bonds is 1. The highest BCUT2D eigenvalue weighted by Crippen LogP contribution is 2.33. The van der Waals surface area contributed by atoms with E-state index in [2.05, 4.69) is 65.1 Å². The molecule has 2 aromatic heterocycles. The highest BCUT2D eigenvalue weighted by molar-refractivity contribution is 5.88. The van der Waals surface area contributed by atoms with Gasteiger partial charge in [0.1, 0.15) is 0 Å². The van der Waals surface area contributed by atoms with Crippen LogP contribution in [0, 0.1) is 0 Å². The molecule has 4 aromatic rings. The molecular weight excluding hydrogens is 280 g/mol. The number of hydrogen-bond donors (Lipinski definition) is 0. The lowest BCUT2D eigenvalue weighted by Crippen LogP contribution is -2.04. The van der Waals surface area contributed by atoms with Gasteiger partial charge in [0.2, 0.25) is 0 Å². The number of para-hydroxylation sites is 2. The van der Waals surface area contributed by atoms with Gasteiger partial charge in [-0.1, -0.05) is 42.5 Å². The summed E-state index contributed by atoms with van der Waals surface area (Å²) in [6.07, 6.45) is 4.96. The second kappa shape index (κ2) is 4.95. The number of benzene rings is 2. The largest absolute Gasteiger partial charge is 0.310 e. The van der Waals surface area contributed by atoms with E-state index >= 15 is 0 Å². The maximum atomic E-state index is 5.00. The van der Waals surface area contributed by atoms with Gasteiger partial charge in [0, 0.05) is 11.3 Å². The number of hydrogen-bond acceptors (Lipinski definition) is 1. The van der Waals surface area contributed by atoms with Crippen LogP contribution in [-0.4, -0.2) is 9.38 Å². The normalized spacial score (nSPS) is 14.3. The van der Waals surface area contributed by atoms with Crippen LogP contribution in [0.1, 0.15) is 24.1 Å². The Bertz CT molecular complexity index is 1010. The van der Waals surface area contributed by atoms with E-state index in [-0.39, 0.29) is 0 Å². The van der Waals surface area contributed by atoms with Crippen LogP contribution in [0.3, 0.4) is 0 Å². The van der Waals surface area contributed by atoms with E-state index in [0.717, 1.165) is 11.2 Å². The number of aryl methyl sites for hydroxylation is 2. The Kier molecular flexibility index (Phi) is 2.77. The molecule has 0 saturated heterocycles. The fourth-order valence-corrected chi connectivity index (χ4v) is 3.88. The maximum absolute atomic E-state index is 5.00. The summed E-state index contributed by atoms with van der Waals surface area (Å²) in [5.74, 6) is 0. The van der Waals surface area contributed by atoms with Gasteiger partial charge in [-0.05, 0) is 49.4 Å². The molecule has 2 heterocycles. The first-order chi connectivity index (χ1) is 11.4. The lowest BCUT2D eigenvalue weighted by molar-refractivity contribution is 0.671. The van der Waals surface area contributed by atoms with Gasteiger partial charge in [0.25, 0.3) is 0 Å². The van der Waals surface area contributed by atoms with Gasteiger partial charge in [-0.15, -0.1) is 0 Å². The van der Waals surface area contributed by atoms with E-state index in [1.54, 1.807) is 0 Å². The molecule has 2 heteroatoms. The molecule has 0 bridgehead atoms. The molecule has 0 atom stereocenters. The van der Waals surface area contributed by atoms with Crippen molar-refractivity contribution in [3.63, 3.8) is 0 Å². The predicted molar refractivity (Wildman–Crippen MR) is 94.8 cm³/mol. The Hall–Kier alpha value is -2.61. The van der Waals surface area contributed by atoms with Gasteiger partial charge >= 0.3 is 0 Å². The van der Waals surface area contributed by atoms with Gasteiger partial charge < -0.3 is 4.40 Å². The molecule has 5 rings (SSSR count). The van der Waals surface area contributed by atoms with Crippen LogP contribution in [0.15, 0.2) is 60.7 Å². The fraction of sp³-hybridized carbons (Fsp3) is 0.190. The molecule has 0 fully saturated rings. The molecule has 0 unspecified atom stereocenters. The first-order valence-electron chi connectivity index (χ1n) is 8.39. The Morgan fingerprint density at radius 1 is 0.783 bits per heavy atom. The minimum absolute atomic E-state index is 1.07. The van der Waals surface area contributed by atoms with E-state index in [1.165, 1.54) is 53.5 Å². The lowest BCUT2D eigenvalue weighted by atomic mass is 9.98.